The van der Waals surface area contributed by atoms with Crippen molar-refractivity contribution in [1.29, 1.82) is 0 Å². The fourth-order valence-electron chi connectivity index (χ4n) is 3.03. The van der Waals surface area contributed by atoms with Gasteiger partial charge in [0.25, 0.3) is 0 Å². The van der Waals surface area contributed by atoms with Gasteiger partial charge in [-0.05, 0) is 36.2 Å². The predicted octanol–water partition coefficient (Wildman–Crippen LogP) is 4.13. The Kier molecular flexibility index (Phi) is 4.58. The first-order chi connectivity index (χ1) is 13.2. The smallest absolute Gasteiger partial charge is 0.170 e. The SMILES string of the molecule is Oc1cccc(O)c1-c1nc(CCc2ccccc2)nn1-c1ccccc1. The summed E-state index contributed by atoms with van der Waals surface area (Å²) in [5.41, 5.74) is 2.30. The van der Waals surface area contributed by atoms with Crippen molar-refractivity contribution >= 4 is 0 Å². The summed E-state index contributed by atoms with van der Waals surface area (Å²) < 4.78 is 1.66. The van der Waals surface area contributed by atoms with Crippen molar-refractivity contribution in [2.24, 2.45) is 0 Å². The molecule has 0 atom stereocenters. The monoisotopic (exact) mass is 357 g/mol. The number of para-hydroxylation sites is 1. The van der Waals surface area contributed by atoms with Gasteiger partial charge in [-0.2, -0.15) is 5.10 Å². The molecule has 4 rings (SSSR count). The maximum Gasteiger partial charge on any atom is 0.170 e. The first-order valence-corrected chi connectivity index (χ1v) is 8.79. The van der Waals surface area contributed by atoms with Gasteiger partial charge in [0.05, 0.1) is 5.69 Å². The van der Waals surface area contributed by atoms with E-state index in [0.717, 1.165) is 12.1 Å². The minimum Gasteiger partial charge on any atom is -0.507 e. The van der Waals surface area contributed by atoms with Gasteiger partial charge in [-0.3, -0.25) is 0 Å². The van der Waals surface area contributed by atoms with Crippen molar-refractivity contribution in [3.8, 4) is 28.6 Å². The molecule has 134 valence electrons. The van der Waals surface area contributed by atoms with Gasteiger partial charge in [0, 0.05) is 6.42 Å². The van der Waals surface area contributed by atoms with E-state index in [2.05, 4.69) is 22.2 Å². The lowest BCUT2D eigenvalue weighted by molar-refractivity contribution is 0.453. The molecule has 0 aliphatic heterocycles. The van der Waals surface area contributed by atoms with Crippen LogP contribution >= 0.6 is 0 Å². The summed E-state index contributed by atoms with van der Waals surface area (Å²) in [6.07, 6.45) is 1.47. The maximum atomic E-state index is 10.3. The van der Waals surface area contributed by atoms with Crippen LogP contribution in [0.4, 0.5) is 0 Å². The largest absolute Gasteiger partial charge is 0.507 e. The first-order valence-electron chi connectivity index (χ1n) is 8.79. The van der Waals surface area contributed by atoms with E-state index in [1.165, 1.54) is 17.7 Å². The number of aromatic hydroxyl groups is 2. The number of nitrogens with zero attached hydrogens (tertiary/aromatic N) is 3. The molecule has 0 spiro atoms. The zero-order valence-corrected chi connectivity index (χ0v) is 14.7. The van der Waals surface area contributed by atoms with Crippen LogP contribution in [0.2, 0.25) is 0 Å². The Morgan fingerprint density at radius 2 is 1.33 bits per heavy atom. The van der Waals surface area contributed by atoms with E-state index in [9.17, 15) is 10.2 Å². The van der Waals surface area contributed by atoms with E-state index < -0.39 is 0 Å². The van der Waals surface area contributed by atoms with E-state index in [0.29, 0.717) is 18.1 Å². The topological polar surface area (TPSA) is 71.2 Å². The molecule has 0 unspecified atom stereocenters. The standard InChI is InChI=1S/C22H19N3O2/c26-18-12-7-13-19(27)21(18)22-23-20(15-14-16-8-3-1-4-9-16)24-25(22)17-10-5-2-6-11-17/h1-13,26-27H,14-15H2. The number of phenols is 2. The van der Waals surface area contributed by atoms with Crippen molar-refractivity contribution < 1.29 is 10.2 Å². The Morgan fingerprint density at radius 1 is 0.704 bits per heavy atom. The highest BCUT2D eigenvalue weighted by Crippen LogP contribution is 2.36. The number of phenolic OH excluding ortho intramolecular Hbond substituents is 2. The lowest BCUT2D eigenvalue weighted by Crippen LogP contribution is -2.00. The second kappa shape index (κ2) is 7.33. The Balaban J connectivity index is 1.76. The van der Waals surface area contributed by atoms with Gasteiger partial charge >= 0.3 is 0 Å². The van der Waals surface area contributed by atoms with Crippen molar-refractivity contribution in [3.05, 3.63) is 90.3 Å². The van der Waals surface area contributed by atoms with Gasteiger partial charge in [0.15, 0.2) is 11.6 Å². The number of aromatic nitrogens is 3. The number of hydrogen-bond acceptors (Lipinski definition) is 4. The second-order valence-electron chi connectivity index (χ2n) is 6.26. The molecule has 27 heavy (non-hydrogen) atoms. The van der Waals surface area contributed by atoms with E-state index in [1.807, 2.05) is 48.5 Å². The summed E-state index contributed by atoms with van der Waals surface area (Å²) in [5, 5.41) is 25.2. The van der Waals surface area contributed by atoms with Crippen LogP contribution in [0.15, 0.2) is 78.9 Å². The summed E-state index contributed by atoms with van der Waals surface area (Å²) in [5.74, 6) is 1.00. The molecule has 1 aromatic heterocycles. The summed E-state index contributed by atoms with van der Waals surface area (Å²) >= 11 is 0. The number of benzene rings is 3. The minimum atomic E-state index is -0.0332. The van der Waals surface area contributed by atoms with E-state index >= 15 is 0 Å². The lowest BCUT2D eigenvalue weighted by atomic mass is 10.1. The average Bonchev–Trinajstić information content (AvgIpc) is 3.12. The molecule has 0 fully saturated rings. The molecule has 0 aliphatic rings. The van der Waals surface area contributed by atoms with Crippen molar-refractivity contribution in [2.45, 2.75) is 12.8 Å². The Labute approximate surface area is 157 Å². The minimum absolute atomic E-state index is 0.0332. The van der Waals surface area contributed by atoms with Gasteiger partial charge in [0.2, 0.25) is 0 Å². The van der Waals surface area contributed by atoms with Gasteiger partial charge in [-0.15, -0.1) is 0 Å². The van der Waals surface area contributed by atoms with Gasteiger partial charge in [-0.25, -0.2) is 9.67 Å². The van der Waals surface area contributed by atoms with Crippen molar-refractivity contribution in [2.75, 3.05) is 0 Å². The van der Waals surface area contributed by atoms with Crippen LogP contribution in [0.5, 0.6) is 11.5 Å². The normalized spacial score (nSPS) is 10.8. The fraction of sp³-hybridized carbons (Fsp3) is 0.0909. The Morgan fingerprint density at radius 3 is 2.00 bits per heavy atom. The molecule has 3 aromatic carbocycles. The number of aryl methyl sites for hydroxylation is 2. The molecule has 0 radical (unpaired) electrons. The third kappa shape index (κ3) is 3.53. The summed E-state index contributed by atoms with van der Waals surface area (Å²) in [4.78, 5) is 4.63. The van der Waals surface area contributed by atoms with Crippen LogP contribution < -0.4 is 0 Å². The maximum absolute atomic E-state index is 10.3. The first kappa shape index (κ1) is 16.8. The quantitative estimate of drug-likeness (QED) is 0.563. The third-order valence-corrected chi connectivity index (χ3v) is 4.38. The molecule has 0 bridgehead atoms. The van der Waals surface area contributed by atoms with Crippen molar-refractivity contribution in [3.63, 3.8) is 0 Å². The second-order valence-corrected chi connectivity index (χ2v) is 6.26. The van der Waals surface area contributed by atoms with E-state index in [4.69, 9.17) is 0 Å². The summed E-state index contributed by atoms with van der Waals surface area (Å²) in [6, 6.07) is 24.4. The molecule has 5 heteroatoms. The highest BCUT2D eigenvalue weighted by molar-refractivity contribution is 5.72. The molecular weight excluding hydrogens is 338 g/mol. The third-order valence-electron chi connectivity index (χ3n) is 4.38. The van der Waals surface area contributed by atoms with E-state index in [1.54, 1.807) is 10.7 Å². The summed E-state index contributed by atoms with van der Waals surface area (Å²) in [6.45, 7) is 0. The van der Waals surface area contributed by atoms with Gasteiger partial charge < -0.3 is 10.2 Å². The van der Waals surface area contributed by atoms with Crippen LogP contribution in [0, 0.1) is 0 Å². The highest BCUT2D eigenvalue weighted by Gasteiger charge is 2.19. The molecule has 1 heterocycles. The zero-order valence-electron chi connectivity index (χ0n) is 14.7. The van der Waals surface area contributed by atoms with Gasteiger partial charge in [0.1, 0.15) is 17.1 Å². The summed E-state index contributed by atoms with van der Waals surface area (Å²) in [7, 11) is 0. The van der Waals surface area contributed by atoms with Crippen LogP contribution in [0.25, 0.3) is 17.1 Å². The number of hydrogen-bond donors (Lipinski definition) is 2. The van der Waals surface area contributed by atoms with Gasteiger partial charge in [-0.1, -0.05) is 54.6 Å². The van der Waals surface area contributed by atoms with Crippen LogP contribution in [0.1, 0.15) is 11.4 Å². The van der Waals surface area contributed by atoms with Crippen LogP contribution in [-0.4, -0.2) is 25.0 Å². The molecule has 4 aromatic rings. The fourth-order valence-corrected chi connectivity index (χ4v) is 3.03. The Hall–Kier alpha value is -3.60. The van der Waals surface area contributed by atoms with E-state index in [-0.39, 0.29) is 17.1 Å². The molecule has 5 nitrogen and oxygen atoms in total. The average molecular weight is 357 g/mol. The zero-order chi connectivity index (χ0) is 18.6. The number of rotatable bonds is 5. The highest BCUT2D eigenvalue weighted by atomic mass is 16.3. The molecule has 0 saturated heterocycles. The van der Waals surface area contributed by atoms with Crippen LogP contribution in [0.3, 0.4) is 0 Å². The molecule has 0 amide bonds. The molecular formula is C22H19N3O2. The Bertz CT molecular complexity index is 1020. The molecule has 2 N–H and O–H groups in total. The molecule has 0 aliphatic carbocycles. The van der Waals surface area contributed by atoms with Crippen molar-refractivity contribution in [1.82, 2.24) is 14.8 Å². The predicted molar refractivity (Wildman–Crippen MR) is 104 cm³/mol. The lowest BCUT2D eigenvalue weighted by Gasteiger charge is -2.08. The molecule has 0 saturated carbocycles. The van der Waals surface area contributed by atoms with Crippen LogP contribution in [-0.2, 0) is 12.8 Å².